The van der Waals surface area contributed by atoms with Crippen LogP contribution in [0, 0.1) is 45.8 Å². The van der Waals surface area contributed by atoms with Gasteiger partial charge in [0.1, 0.15) is 5.92 Å². The van der Waals surface area contributed by atoms with E-state index in [1.165, 1.54) is 56.9 Å². The van der Waals surface area contributed by atoms with Crippen LogP contribution in [-0.2, 0) is 4.79 Å². The van der Waals surface area contributed by atoms with Crippen molar-refractivity contribution in [1.82, 2.24) is 0 Å². The lowest BCUT2D eigenvalue weighted by Crippen LogP contribution is -2.50. The van der Waals surface area contributed by atoms with E-state index in [2.05, 4.69) is 26.0 Å². The minimum absolute atomic E-state index is 0.109. The number of rotatable bonds is 2. The average Bonchev–Trinajstić information content (AvgIpc) is 2.99. The van der Waals surface area contributed by atoms with E-state index >= 15 is 0 Å². The van der Waals surface area contributed by atoms with Crippen molar-refractivity contribution in [2.24, 2.45) is 34.5 Å². The van der Waals surface area contributed by atoms with Crippen molar-refractivity contribution in [1.29, 1.82) is 5.26 Å². The number of fused-ring (bicyclic) bond motifs is 5. The molecule has 0 aromatic carbocycles. The van der Waals surface area contributed by atoms with Gasteiger partial charge in [0.25, 0.3) is 0 Å². The minimum Gasteiger partial charge on any atom is -0.298 e. The van der Waals surface area contributed by atoms with Crippen molar-refractivity contribution in [2.45, 2.75) is 78.1 Å². The van der Waals surface area contributed by atoms with Crippen LogP contribution in [0.5, 0.6) is 0 Å². The fourth-order valence-corrected chi connectivity index (χ4v) is 7.41. The van der Waals surface area contributed by atoms with Gasteiger partial charge in [-0.2, -0.15) is 5.26 Å². The zero-order valence-corrected chi connectivity index (χ0v) is 15.3. The van der Waals surface area contributed by atoms with E-state index in [0.29, 0.717) is 17.8 Å². The Morgan fingerprint density at radius 2 is 2.12 bits per heavy atom. The number of nitrogens with zero attached hydrogens (tertiary/aromatic N) is 1. The van der Waals surface area contributed by atoms with E-state index in [1.54, 1.807) is 0 Å². The first-order valence-corrected chi connectivity index (χ1v) is 10.2. The van der Waals surface area contributed by atoms with Crippen molar-refractivity contribution in [2.75, 3.05) is 0 Å². The first kappa shape index (κ1) is 16.4. The Hall–Kier alpha value is -1.10. The van der Waals surface area contributed by atoms with Gasteiger partial charge in [-0.1, -0.05) is 38.3 Å². The highest BCUT2D eigenvalue weighted by Gasteiger charge is 2.57. The monoisotopic (exact) mass is 325 g/mol. The first-order valence-electron chi connectivity index (χ1n) is 10.2. The van der Waals surface area contributed by atoms with Gasteiger partial charge >= 0.3 is 0 Å². The van der Waals surface area contributed by atoms with Crippen molar-refractivity contribution < 1.29 is 4.79 Å². The van der Waals surface area contributed by atoms with Crippen LogP contribution in [0.15, 0.2) is 11.6 Å². The molecule has 0 amide bonds. The summed E-state index contributed by atoms with van der Waals surface area (Å²) in [5.41, 5.74) is 2.11. The molecule has 2 nitrogen and oxygen atoms in total. The molecular formula is C22H31NO. The van der Waals surface area contributed by atoms with E-state index in [-0.39, 0.29) is 17.1 Å². The number of ketones is 1. The summed E-state index contributed by atoms with van der Waals surface area (Å²) in [4.78, 5) is 12.2. The van der Waals surface area contributed by atoms with Gasteiger partial charge in [0.15, 0.2) is 5.78 Å². The largest absolute Gasteiger partial charge is 0.298 e. The Morgan fingerprint density at radius 1 is 1.29 bits per heavy atom. The molecule has 0 heterocycles. The molecule has 0 N–H and O–H groups in total. The SMILES string of the molecule is CCC[C@@]12CCC[C@H]1[C@@H]1CC=C3CC(=O)C(C#N)C[C@]3(C)[C@H]1CC2. The summed E-state index contributed by atoms with van der Waals surface area (Å²) in [5.74, 6) is 2.20. The second-order valence-corrected chi connectivity index (χ2v) is 9.33. The lowest BCUT2D eigenvalue weighted by atomic mass is 9.46. The van der Waals surface area contributed by atoms with Crippen molar-refractivity contribution in [3.63, 3.8) is 0 Å². The van der Waals surface area contributed by atoms with Gasteiger partial charge in [-0.25, -0.2) is 0 Å². The van der Waals surface area contributed by atoms with Gasteiger partial charge < -0.3 is 0 Å². The molecule has 3 fully saturated rings. The first-order chi connectivity index (χ1) is 11.5. The van der Waals surface area contributed by atoms with Crippen LogP contribution in [0.25, 0.3) is 0 Å². The second-order valence-electron chi connectivity index (χ2n) is 9.33. The van der Waals surface area contributed by atoms with Gasteiger partial charge in [-0.15, -0.1) is 0 Å². The van der Waals surface area contributed by atoms with Crippen molar-refractivity contribution in [3.05, 3.63) is 11.6 Å². The Morgan fingerprint density at radius 3 is 2.88 bits per heavy atom. The highest BCUT2D eigenvalue weighted by molar-refractivity contribution is 5.87. The molecule has 2 heteroatoms. The number of carbonyl (C=O) groups is 1. The summed E-state index contributed by atoms with van der Waals surface area (Å²) in [6.45, 7) is 4.73. The molecule has 0 aromatic heterocycles. The Balaban J connectivity index is 1.67. The molecule has 0 saturated heterocycles. The third-order valence-electron chi connectivity index (χ3n) is 8.44. The molecule has 0 aliphatic heterocycles. The predicted molar refractivity (Wildman–Crippen MR) is 95.0 cm³/mol. The van der Waals surface area contributed by atoms with E-state index in [4.69, 9.17) is 0 Å². The highest BCUT2D eigenvalue weighted by Crippen LogP contribution is 2.66. The summed E-state index contributed by atoms with van der Waals surface area (Å²) >= 11 is 0. The molecule has 0 bridgehead atoms. The molecule has 6 atom stereocenters. The Bertz CT molecular complexity index is 614. The Labute approximate surface area is 146 Å². The standard InChI is InChI=1S/C22H31NO/c1-3-9-22-10-4-5-19(22)17-7-6-16-12-20(24)15(14-23)13-21(16,2)18(17)8-11-22/h6,15,17-19H,3-5,7-13H2,1-2H3/t15?,17-,18+,19+,21+,22+/m1/s1. The maximum atomic E-state index is 12.2. The van der Waals surface area contributed by atoms with Crippen LogP contribution in [-0.4, -0.2) is 5.78 Å². The zero-order valence-electron chi connectivity index (χ0n) is 15.3. The average molecular weight is 325 g/mol. The lowest BCUT2D eigenvalue weighted by molar-refractivity contribution is -0.125. The molecule has 4 aliphatic rings. The second kappa shape index (κ2) is 5.72. The molecule has 0 radical (unpaired) electrons. The summed E-state index contributed by atoms with van der Waals surface area (Å²) in [6.07, 6.45) is 14.7. The fourth-order valence-electron chi connectivity index (χ4n) is 7.41. The van der Waals surface area contributed by atoms with E-state index < -0.39 is 0 Å². The van der Waals surface area contributed by atoms with Crippen LogP contribution in [0.4, 0.5) is 0 Å². The van der Waals surface area contributed by atoms with Crippen LogP contribution >= 0.6 is 0 Å². The van der Waals surface area contributed by atoms with Gasteiger partial charge in [0.2, 0.25) is 0 Å². The van der Waals surface area contributed by atoms with Crippen molar-refractivity contribution in [3.8, 4) is 6.07 Å². The molecular weight excluding hydrogens is 294 g/mol. The predicted octanol–water partition coefficient (Wildman–Crippen LogP) is 5.44. The fraction of sp³-hybridized carbons (Fsp3) is 0.818. The van der Waals surface area contributed by atoms with Gasteiger partial charge in [0.05, 0.1) is 6.07 Å². The van der Waals surface area contributed by atoms with Crippen LogP contribution in [0.2, 0.25) is 0 Å². The zero-order chi connectivity index (χ0) is 16.9. The molecule has 0 spiro atoms. The minimum atomic E-state index is -0.364. The number of hydrogen-bond acceptors (Lipinski definition) is 2. The highest BCUT2D eigenvalue weighted by atomic mass is 16.1. The lowest BCUT2D eigenvalue weighted by Gasteiger charge is -2.57. The van der Waals surface area contributed by atoms with Crippen molar-refractivity contribution >= 4 is 5.78 Å². The van der Waals surface area contributed by atoms with Crippen LogP contribution < -0.4 is 0 Å². The smallest absolute Gasteiger partial charge is 0.154 e. The number of Topliss-reactive ketones (excluding diaryl/α,β-unsaturated/α-hetero) is 1. The summed E-state index contributed by atoms with van der Waals surface area (Å²) in [7, 11) is 0. The molecule has 130 valence electrons. The van der Waals surface area contributed by atoms with E-state index in [9.17, 15) is 10.1 Å². The molecule has 1 unspecified atom stereocenters. The van der Waals surface area contributed by atoms with Gasteiger partial charge in [-0.05, 0) is 73.5 Å². The maximum absolute atomic E-state index is 12.2. The van der Waals surface area contributed by atoms with Gasteiger partial charge in [0, 0.05) is 6.42 Å². The van der Waals surface area contributed by atoms with E-state index in [1.807, 2.05) is 0 Å². The molecule has 0 aromatic rings. The molecule has 24 heavy (non-hydrogen) atoms. The summed E-state index contributed by atoms with van der Waals surface area (Å²) in [6, 6.07) is 2.30. The van der Waals surface area contributed by atoms with E-state index in [0.717, 1.165) is 18.3 Å². The Kier molecular flexibility index (Phi) is 3.90. The summed E-state index contributed by atoms with van der Waals surface area (Å²) < 4.78 is 0. The topological polar surface area (TPSA) is 40.9 Å². The molecule has 4 rings (SSSR count). The molecule has 4 aliphatic carbocycles. The normalized spacial score (nSPS) is 47.2. The number of hydrogen-bond donors (Lipinski definition) is 0. The number of nitriles is 1. The maximum Gasteiger partial charge on any atom is 0.154 e. The molecule has 3 saturated carbocycles. The third-order valence-corrected chi connectivity index (χ3v) is 8.44. The third kappa shape index (κ3) is 2.16. The number of carbonyl (C=O) groups excluding carboxylic acids is 1. The van der Waals surface area contributed by atoms with Gasteiger partial charge in [-0.3, -0.25) is 4.79 Å². The summed E-state index contributed by atoms with van der Waals surface area (Å²) in [5, 5.41) is 9.43. The van der Waals surface area contributed by atoms with Crippen LogP contribution in [0.3, 0.4) is 0 Å². The van der Waals surface area contributed by atoms with Crippen LogP contribution in [0.1, 0.15) is 78.1 Å². The number of allylic oxidation sites excluding steroid dienone is 2. The quantitative estimate of drug-likeness (QED) is 0.634.